The molecule has 19 heavy (non-hydrogen) atoms. The van der Waals surface area contributed by atoms with Crippen molar-refractivity contribution in [2.45, 2.75) is 45.2 Å². The lowest BCUT2D eigenvalue weighted by molar-refractivity contribution is 0.118. The van der Waals surface area contributed by atoms with Crippen molar-refractivity contribution in [3.05, 3.63) is 28.5 Å². The molecule has 2 rings (SSSR count). The summed E-state index contributed by atoms with van der Waals surface area (Å²) in [5.41, 5.74) is 7.19. The summed E-state index contributed by atoms with van der Waals surface area (Å²) in [4.78, 5) is 7.20. The summed E-state index contributed by atoms with van der Waals surface area (Å²) in [6.07, 6.45) is 5.65. The SMILES string of the molecule is CC(C)N1CCCCC(CN)C1c1ccc(Br)cn1. The van der Waals surface area contributed by atoms with Crippen molar-refractivity contribution in [3.8, 4) is 0 Å². The lowest BCUT2D eigenvalue weighted by Gasteiger charge is -2.37. The molecule has 0 radical (unpaired) electrons. The van der Waals surface area contributed by atoms with Gasteiger partial charge < -0.3 is 5.73 Å². The molecular formula is C15H24BrN3. The van der Waals surface area contributed by atoms with Crippen LogP contribution in [0.3, 0.4) is 0 Å². The predicted molar refractivity (Wildman–Crippen MR) is 82.9 cm³/mol. The van der Waals surface area contributed by atoms with Gasteiger partial charge in [0.15, 0.2) is 0 Å². The van der Waals surface area contributed by atoms with Gasteiger partial charge in [-0.15, -0.1) is 0 Å². The lowest BCUT2D eigenvalue weighted by Crippen LogP contribution is -2.40. The molecule has 1 fully saturated rings. The number of pyridine rings is 1. The largest absolute Gasteiger partial charge is 0.330 e. The van der Waals surface area contributed by atoms with Gasteiger partial charge in [0.1, 0.15) is 0 Å². The minimum absolute atomic E-state index is 0.362. The van der Waals surface area contributed by atoms with Crippen LogP contribution < -0.4 is 5.73 Å². The molecule has 106 valence electrons. The Morgan fingerprint density at radius 2 is 2.21 bits per heavy atom. The summed E-state index contributed by atoms with van der Waals surface area (Å²) in [6.45, 7) is 6.43. The number of nitrogens with zero attached hydrogens (tertiary/aromatic N) is 2. The molecule has 0 spiro atoms. The van der Waals surface area contributed by atoms with Crippen molar-refractivity contribution in [1.82, 2.24) is 9.88 Å². The molecule has 1 aliphatic rings. The number of hydrogen-bond donors (Lipinski definition) is 1. The van der Waals surface area contributed by atoms with Gasteiger partial charge in [0, 0.05) is 16.7 Å². The maximum atomic E-state index is 6.03. The maximum absolute atomic E-state index is 6.03. The Morgan fingerprint density at radius 3 is 2.79 bits per heavy atom. The molecule has 0 bridgehead atoms. The second-order valence-electron chi connectivity index (χ2n) is 5.67. The molecule has 2 heterocycles. The van der Waals surface area contributed by atoms with E-state index in [0.29, 0.717) is 18.0 Å². The monoisotopic (exact) mass is 325 g/mol. The van der Waals surface area contributed by atoms with Crippen molar-refractivity contribution in [2.24, 2.45) is 11.7 Å². The first kappa shape index (κ1) is 14.9. The van der Waals surface area contributed by atoms with Gasteiger partial charge in [-0.25, -0.2) is 0 Å². The molecule has 4 heteroatoms. The molecule has 0 aliphatic carbocycles. The van der Waals surface area contributed by atoms with Crippen molar-refractivity contribution in [3.63, 3.8) is 0 Å². The molecule has 1 saturated heterocycles. The van der Waals surface area contributed by atoms with Crippen LogP contribution in [0.5, 0.6) is 0 Å². The first-order chi connectivity index (χ1) is 9.13. The quantitative estimate of drug-likeness (QED) is 0.926. The fourth-order valence-electron chi connectivity index (χ4n) is 3.07. The van der Waals surface area contributed by atoms with E-state index in [0.717, 1.165) is 23.3 Å². The standard InChI is InChI=1S/C15H24BrN3/c1-11(2)19-8-4-3-5-12(9-17)15(19)14-7-6-13(16)10-18-14/h6-7,10-12,15H,3-5,8-9,17H2,1-2H3. The minimum atomic E-state index is 0.362. The number of aromatic nitrogens is 1. The lowest BCUT2D eigenvalue weighted by atomic mass is 9.91. The molecule has 0 amide bonds. The van der Waals surface area contributed by atoms with Crippen LogP contribution in [0, 0.1) is 5.92 Å². The Balaban J connectivity index is 2.34. The van der Waals surface area contributed by atoms with Crippen LogP contribution in [-0.4, -0.2) is 29.0 Å². The number of hydrogen-bond acceptors (Lipinski definition) is 3. The second-order valence-corrected chi connectivity index (χ2v) is 6.58. The summed E-state index contributed by atoms with van der Waals surface area (Å²) >= 11 is 3.46. The predicted octanol–water partition coefficient (Wildman–Crippen LogP) is 3.35. The van der Waals surface area contributed by atoms with Crippen molar-refractivity contribution >= 4 is 15.9 Å². The zero-order valence-electron chi connectivity index (χ0n) is 11.8. The molecule has 2 N–H and O–H groups in total. The zero-order valence-corrected chi connectivity index (χ0v) is 13.4. The molecule has 1 aromatic rings. The van der Waals surface area contributed by atoms with E-state index in [1.54, 1.807) is 0 Å². The summed E-state index contributed by atoms with van der Waals surface area (Å²) in [5.74, 6) is 0.513. The van der Waals surface area contributed by atoms with Gasteiger partial charge in [0.05, 0.1) is 11.7 Å². The second kappa shape index (κ2) is 6.82. The van der Waals surface area contributed by atoms with Crippen LogP contribution in [-0.2, 0) is 0 Å². The molecule has 1 aromatic heterocycles. The van der Waals surface area contributed by atoms with Gasteiger partial charge in [-0.3, -0.25) is 9.88 Å². The van der Waals surface area contributed by atoms with Crippen molar-refractivity contribution in [1.29, 1.82) is 0 Å². The molecule has 0 saturated carbocycles. The average Bonchev–Trinajstić information content (AvgIpc) is 2.61. The summed E-state index contributed by atoms with van der Waals surface area (Å²) < 4.78 is 1.03. The van der Waals surface area contributed by atoms with Crippen molar-refractivity contribution in [2.75, 3.05) is 13.1 Å². The van der Waals surface area contributed by atoms with E-state index in [1.807, 2.05) is 6.20 Å². The summed E-state index contributed by atoms with van der Waals surface area (Å²) in [5, 5.41) is 0. The minimum Gasteiger partial charge on any atom is -0.330 e. The normalized spacial score (nSPS) is 25.5. The highest BCUT2D eigenvalue weighted by atomic mass is 79.9. The summed E-state index contributed by atoms with van der Waals surface area (Å²) in [7, 11) is 0. The summed E-state index contributed by atoms with van der Waals surface area (Å²) in [6, 6.07) is 5.11. The van der Waals surface area contributed by atoms with Gasteiger partial charge in [-0.2, -0.15) is 0 Å². The van der Waals surface area contributed by atoms with Crippen LogP contribution in [0.1, 0.15) is 44.8 Å². The van der Waals surface area contributed by atoms with Gasteiger partial charge >= 0.3 is 0 Å². The number of rotatable bonds is 3. The maximum Gasteiger partial charge on any atom is 0.0579 e. The molecule has 3 nitrogen and oxygen atoms in total. The molecule has 2 atom stereocenters. The van der Waals surface area contributed by atoms with Crippen molar-refractivity contribution < 1.29 is 0 Å². The van der Waals surface area contributed by atoms with E-state index >= 15 is 0 Å². The Kier molecular flexibility index (Phi) is 5.37. The Morgan fingerprint density at radius 1 is 1.42 bits per heavy atom. The van der Waals surface area contributed by atoms with E-state index in [4.69, 9.17) is 5.73 Å². The molecular weight excluding hydrogens is 302 g/mol. The van der Waals surface area contributed by atoms with Crippen LogP contribution in [0.25, 0.3) is 0 Å². The Hall–Kier alpha value is -0.450. The van der Waals surface area contributed by atoms with E-state index < -0.39 is 0 Å². The highest BCUT2D eigenvalue weighted by molar-refractivity contribution is 9.10. The molecule has 1 aliphatic heterocycles. The average molecular weight is 326 g/mol. The first-order valence-electron chi connectivity index (χ1n) is 7.20. The topological polar surface area (TPSA) is 42.1 Å². The highest BCUT2D eigenvalue weighted by Gasteiger charge is 2.32. The fourth-order valence-corrected chi connectivity index (χ4v) is 3.30. The van der Waals surface area contributed by atoms with Crippen LogP contribution in [0.4, 0.5) is 0 Å². The number of nitrogens with two attached hydrogens (primary N) is 1. The van der Waals surface area contributed by atoms with Crippen LogP contribution in [0.15, 0.2) is 22.8 Å². The first-order valence-corrected chi connectivity index (χ1v) is 8.00. The molecule has 2 unspecified atom stereocenters. The third-order valence-electron chi connectivity index (χ3n) is 4.06. The Labute approximate surface area is 124 Å². The molecule has 0 aromatic carbocycles. The van der Waals surface area contributed by atoms with E-state index in [1.165, 1.54) is 19.3 Å². The highest BCUT2D eigenvalue weighted by Crippen LogP contribution is 2.35. The smallest absolute Gasteiger partial charge is 0.0579 e. The van der Waals surface area contributed by atoms with E-state index in [9.17, 15) is 0 Å². The third kappa shape index (κ3) is 3.56. The van der Waals surface area contributed by atoms with Gasteiger partial charge in [-0.05, 0) is 73.8 Å². The van der Waals surface area contributed by atoms with Gasteiger partial charge in [-0.1, -0.05) is 6.42 Å². The number of halogens is 1. The van der Waals surface area contributed by atoms with Gasteiger partial charge in [0.25, 0.3) is 0 Å². The van der Waals surface area contributed by atoms with Crippen LogP contribution in [0.2, 0.25) is 0 Å². The van der Waals surface area contributed by atoms with E-state index in [2.05, 4.69) is 51.8 Å². The zero-order chi connectivity index (χ0) is 13.8. The number of likely N-dealkylation sites (tertiary alicyclic amines) is 1. The third-order valence-corrected chi connectivity index (χ3v) is 4.53. The Bertz CT molecular complexity index is 391. The van der Waals surface area contributed by atoms with Crippen LogP contribution >= 0.6 is 15.9 Å². The van der Waals surface area contributed by atoms with E-state index in [-0.39, 0.29) is 0 Å². The van der Waals surface area contributed by atoms with Gasteiger partial charge in [0.2, 0.25) is 0 Å². The fraction of sp³-hybridized carbons (Fsp3) is 0.667.